The van der Waals surface area contributed by atoms with E-state index >= 15 is 0 Å². The van der Waals surface area contributed by atoms with E-state index in [4.69, 9.17) is 9.15 Å². The number of alkyl halides is 3. The van der Waals surface area contributed by atoms with Gasteiger partial charge < -0.3 is 14.3 Å². The van der Waals surface area contributed by atoms with Crippen LogP contribution in [-0.2, 0) is 23.8 Å². The maximum absolute atomic E-state index is 12.8. The molecule has 0 aliphatic heterocycles. The van der Waals surface area contributed by atoms with Crippen LogP contribution in [0.2, 0.25) is 0 Å². The molecule has 4 rings (SSSR count). The fraction of sp³-hybridized carbons (Fsp3) is 0.385. The minimum Gasteiger partial charge on any atom is -0.493 e. The number of hydrogen-bond acceptors (Lipinski definition) is 4. The molecule has 1 aliphatic rings. The molecule has 34 heavy (non-hydrogen) atoms. The molecule has 0 saturated heterocycles. The first-order valence-corrected chi connectivity index (χ1v) is 11.3. The fourth-order valence-electron chi connectivity index (χ4n) is 4.62. The van der Waals surface area contributed by atoms with Gasteiger partial charge in [0.2, 0.25) is 5.89 Å². The Morgan fingerprint density at radius 3 is 2.62 bits per heavy atom. The number of carboxylic acid groups (broad SMARTS) is 1. The molecule has 2 aromatic carbocycles. The molecule has 1 aromatic heterocycles. The largest absolute Gasteiger partial charge is 0.493 e. The van der Waals surface area contributed by atoms with Crippen molar-refractivity contribution in [1.29, 1.82) is 0 Å². The zero-order valence-corrected chi connectivity index (χ0v) is 19.0. The molecule has 3 aromatic rings. The van der Waals surface area contributed by atoms with Gasteiger partial charge in [-0.25, -0.2) is 4.98 Å². The van der Waals surface area contributed by atoms with E-state index in [0.29, 0.717) is 42.2 Å². The van der Waals surface area contributed by atoms with Crippen molar-refractivity contribution in [2.75, 3.05) is 6.61 Å². The smallest absolute Gasteiger partial charge is 0.416 e. The number of carbonyl (C=O) groups is 1. The van der Waals surface area contributed by atoms with Gasteiger partial charge in [-0.05, 0) is 79.6 Å². The number of benzene rings is 2. The van der Waals surface area contributed by atoms with Gasteiger partial charge in [-0.3, -0.25) is 4.79 Å². The van der Waals surface area contributed by atoms with Gasteiger partial charge >= 0.3 is 12.1 Å². The third kappa shape index (κ3) is 4.95. The molecule has 1 heterocycles. The van der Waals surface area contributed by atoms with Gasteiger partial charge in [-0.1, -0.05) is 13.0 Å². The fourth-order valence-corrected chi connectivity index (χ4v) is 4.62. The van der Waals surface area contributed by atoms with Gasteiger partial charge in [0.05, 0.1) is 23.8 Å². The highest BCUT2D eigenvalue weighted by Gasteiger charge is 2.33. The van der Waals surface area contributed by atoms with E-state index in [9.17, 15) is 23.1 Å². The quantitative estimate of drug-likeness (QED) is 0.408. The van der Waals surface area contributed by atoms with Gasteiger partial charge in [0, 0.05) is 12.0 Å². The van der Waals surface area contributed by atoms with E-state index in [-0.39, 0.29) is 17.7 Å². The highest BCUT2D eigenvalue weighted by atomic mass is 19.4. The van der Waals surface area contributed by atoms with Gasteiger partial charge in [-0.15, -0.1) is 0 Å². The summed E-state index contributed by atoms with van der Waals surface area (Å²) in [5.74, 6) is 0.490. The van der Waals surface area contributed by atoms with E-state index < -0.39 is 17.7 Å². The molecule has 0 radical (unpaired) electrons. The number of nitrogens with zero attached hydrogens (tertiary/aromatic N) is 1. The molecule has 180 valence electrons. The van der Waals surface area contributed by atoms with Crippen molar-refractivity contribution in [2.45, 2.75) is 51.6 Å². The van der Waals surface area contributed by atoms with Crippen LogP contribution in [0.1, 0.15) is 53.8 Å². The second kappa shape index (κ2) is 9.52. The highest BCUT2D eigenvalue weighted by Crippen LogP contribution is 2.41. The van der Waals surface area contributed by atoms with Crippen LogP contribution in [0, 0.1) is 12.8 Å². The van der Waals surface area contributed by atoms with Crippen LogP contribution in [-0.4, -0.2) is 22.7 Å². The Balaban J connectivity index is 1.38. The molecule has 0 saturated carbocycles. The van der Waals surface area contributed by atoms with Crippen molar-refractivity contribution in [3.63, 3.8) is 0 Å². The zero-order chi connectivity index (χ0) is 24.5. The zero-order valence-electron chi connectivity index (χ0n) is 19.0. The number of halogens is 3. The first-order chi connectivity index (χ1) is 16.2. The lowest BCUT2D eigenvalue weighted by Crippen LogP contribution is -2.19. The van der Waals surface area contributed by atoms with E-state index in [1.165, 1.54) is 12.1 Å². The van der Waals surface area contributed by atoms with Crippen molar-refractivity contribution >= 4 is 5.97 Å². The minimum atomic E-state index is -4.39. The lowest BCUT2D eigenvalue weighted by molar-refractivity contribution is -0.142. The van der Waals surface area contributed by atoms with Gasteiger partial charge in [-0.2, -0.15) is 13.2 Å². The second-order valence-corrected chi connectivity index (χ2v) is 8.55. The van der Waals surface area contributed by atoms with Crippen LogP contribution in [0.4, 0.5) is 13.2 Å². The predicted octanol–water partition coefficient (Wildman–Crippen LogP) is 6.43. The van der Waals surface area contributed by atoms with Crippen LogP contribution in [0.25, 0.3) is 11.5 Å². The third-order valence-corrected chi connectivity index (χ3v) is 6.44. The van der Waals surface area contributed by atoms with Crippen LogP contribution in [0.15, 0.2) is 46.9 Å². The SMILES string of the molecule is CCC(C(=O)O)C1CCc2cc(OCCc3nc(-c4ccc(C(F)(F)F)cc4)oc3C)ccc21. The summed E-state index contributed by atoms with van der Waals surface area (Å²) in [4.78, 5) is 16.0. The summed E-state index contributed by atoms with van der Waals surface area (Å²) in [6.45, 7) is 4.02. The normalized spacial score (nSPS) is 16.3. The average Bonchev–Trinajstić information content (AvgIpc) is 3.37. The maximum atomic E-state index is 12.8. The second-order valence-electron chi connectivity index (χ2n) is 8.55. The molecule has 0 spiro atoms. The summed E-state index contributed by atoms with van der Waals surface area (Å²) >= 11 is 0. The summed E-state index contributed by atoms with van der Waals surface area (Å²) in [6, 6.07) is 10.5. The summed E-state index contributed by atoms with van der Waals surface area (Å²) < 4.78 is 49.9. The molecular weight excluding hydrogens is 447 g/mol. The highest BCUT2D eigenvalue weighted by molar-refractivity contribution is 5.72. The topological polar surface area (TPSA) is 72.6 Å². The number of aryl methyl sites for hydroxylation is 2. The van der Waals surface area contributed by atoms with Crippen molar-refractivity contribution in [2.24, 2.45) is 5.92 Å². The summed E-state index contributed by atoms with van der Waals surface area (Å²) in [5, 5.41) is 9.50. The summed E-state index contributed by atoms with van der Waals surface area (Å²) in [5.41, 5.74) is 2.66. The molecule has 0 fully saturated rings. The molecule has 1 N–H and O–H groups in total. The van der Waals surface area contributed by atoms with Crippen molar-refractivity contribution in [3.8, 4) is 17.2 Å². The molecule has 0 bridgehead atoms. The van der Waals surface area contributed by atoms with Crippen LogP contribution < -0.4 is 4.74 Å². The van der Waals surface area contributed by atoms with Gasteiger partial charge in [0.1, 0.15) is 11.5 Å². The lowest BCUT2D eigenvalue weighted by atomic mass is 9.85. The molecule has 0 amide bonds. The Morgan fingerprint density at radius 1 is 1.24 bits per heavy atom. The molecule has 2 unspecified atom stereocenters. The number of ether oxygens (including phenoxy) is 1. The van der Waals surface area contributed by atoms with Crippen molar-refractivity contribution in [1.82, 2.24) is 4.98 Å². The summed E-state index contributed by atoms with van der Waals surface area (Å²) in [7, 11) is 0. The number of hydrogen-bond donors (Lipinski definition) is 1. The Bertz CT molecular complexity index is 1170. The average molecular weight is 473 g/mol. The summed E-state index contributed by atoms with van der Waals surface area (Å²) in [6.07, 6.45) is -1.65. The lowest BCUT2D eigenvalue weighted by Gasteiger charge is -2.19. The van der Waals surface area contributed by atoms with E-state index in [1.807, 2.05) is 25.1 Å². The predicted molar refractivity (Wildman–Crippen MR) is 120 cm³/mol. The number of fused-ring (bicyclic) bond motifs is 1. The van der Waals surface area contributed by atoms with Crippen LogP contribution >= 0.6 is 0 Å². The monoisotopic (exact) mass is 473 g/mol. The van der Waals surface area contributed by atoms with Crippen molar-refractivity contribution in [3.05, 3.63) is 70.6 Å². The third-order valence-electron chi connectivity index (χ3n) is 6.44. The first-order valence-electron chi connectivity index (χ1n) is 11.3. The minimum absolute atomic E-state index is 0.0351. The van der Waals surface area contributed by atoms with E-state index in [1.54, 1.807) is 6.92 Å². The van der Waals surface area contributed by atoms with E-state index in [0.717, 1.165) is 36.1 Å². The Morgan fingerprint density at radius 2 is 1.97 bits per heavy atom. The van der Waals surface area contributed by atoms with E-state index in [2.05, 4.69) is 4.98 Å². The maximum Gasteiger partial charge on any atom is 0.416 e. The molecule has 5 nitrogen and oxygen atoms in total. The van der Waals surface area contributed by atoms with Gasteiger partial charge in [0.15, 0.2) is 0 Å². The number of aliphatic carboxylic acids is 1. The number of oxazole rings is 1. The molecular formula is C26H26F3NO4. The standard InChI is InChI=1S/C26H26F3NO4/c1-3-20(25(31)32)22-10-6-17-14-19(9-11-21(17)22)33-13-12-23-15(2)34-24(30-23)16-4-7-18(8-5-16)26(27,28)29/h4-5,7-9,11,14,20,22H,3,6,10,12-13H2,1-2H3,(H,31,32). The van der Waals surface area contributed by atoms with Crippen molar-refractivity contribution < 1.29 is 32.2 Å². The molecule has 1 aliphatic carbocycles. The molecule has 8 heteroatoms. The Hall–Kier alpha value is -3.29. The first kappa shape index (κ1) is 23.9. The number of aromatic nitrogens is 1. The molecule has 2 atom stereocenters. The Kier molecular flexibility index (Phi) is 6.68. The van der Waals surface area contributed by atoms with Crippen LogP contribution in [0.5, 0.6) is 5.75 Å². The number of carboxylic acids is 1. The number of rotatable bonds is 8. The van der Waals surface area contributed by atoms with Crippen LogP contribution in [0.3, 0.4) is 0 Å². The Labute approximate surface area is 195 Å². The van der Waals surface area contributed by atoms with Gasteiger partial charge in [0.25, 0.3) is 0 Å².